The number of carbonyl (C=O) groups excluding carboxylic acids is 1. The number of nitrogens with one attached hydrogen (secondary N) is 1. The van der Waals surface area contributed by atoms with Crippen LogP contribution in [0.1, 0.15) is 10.4 Å². The van der Waals surface area contributed by atoms with E-state index in [1.54, 1.807) is 23.0 Å². The lowest BCUT2D eigenvalue weighted by atomic mass is 10.2. The maximum absolute atomic E-state index is 12.4. The number of hydrogen-bond acceptors (Lipinski definition) is 2. The van der Waals surface area contributed by atoms with Gasteiger partial charge in [0, 0.05) is 26.7 Å². The van der Waals surface area contributed by atoms with E-state index in [2.05, 4.69) is 33.0 Å². The van der Waals surface area contributed by atoms with Gasteiger partial charge in [0.25, 0.3) is 5.91 Å². The van der Waals surface area contributed by atoms with E-state index >= 15 is 0 Å². The smallest absolute Gasteiger partial charge is 0.256 e. The van der Waals surface area contributed by atoms with Crippen LogP contribution in [0.5, 0.6) is 0 Å². The van der Waals surface area contributed by atoms with Crippen LogP contribution in [-0.2, 0) is 0 Å². The molecule has 0 aliphatic rings. The maximum atomic E-state index is 12.4. The van der Waals surface area contributed by atoms with Crippen molar-refractivity contribution in [2.75, 3.05) is 5.32 Å². The summed E-state index contributed by atoms with van der Waals surface area (Å²) in [6, 6.07) is 14.6. The summed E-state index contributed by atoms with van der Waals surface area (Å²) in [7, 11) is 0. The Morgan fingerprint density at radius 2 is 2.05 bits per heavy atom. The number of nitrogens with zero attached hydrogens (tertiary/aromatic N) is 2. The van der Waals surface area contributed by atoms with Crippen LogP contribution in [0, 0.1) is 3.57 Å². The summed E-state index contributed by atoms with van der Waals surface area (Å²) < 4.78 is 2.58. The molecule has 1 N–H and O–H groups in total. The van der Waals surface area contributed by atoms with E-state index in [-0.39, 0.29) is 5.91 Å². The first-order valence-electron chi connectivity index (χ1n) is 6.50. The van der Waals surface area contributed by atoms with Crippen LogP contribution in [0.15, 0.2) is 60.9 Å². The standard InChI is InChI=1S/C16H11ClIN3O/c17-11-5-6-15(18)14(9-11)16(22)20-12-3-1-4-13(10-12)21-8-2-7-19-21/h1-10H,(H,20,22). The number of rotatable bonds is 3. The third-order valence-electron chi connectivity index (χ3n) is 3.05. The van der Waals surface area contributed by atoms with Gasteiger partial charge in [-0.15, -0.1) is 0 Å². The number of anilines is 1. The third-order valence-corrected chi connectivity index (χ3v) is 4.22. The van der Waals surface area contributed by atoms with Crippen LogP contribution in [0.25, 0.3) is 5.69 Å². The maximum Gasteiger partial charge on any atom is 0.256 e. The van der Waals surface area contributed by atoms with Crippen molar-refractivity contribution in [3.05, 3.63) is 75.1 Å². The van der Waals surface area contributed by atoms with Gasteiger partial charge in [-0.25, -0.2) is 4.68 Å². The average Bonchev–Trinajstić information content (AvgIpc) is 3.04. The molecule has 0 saturated carbocycles. The van der Waals surface area contributed by atoms with E-state index in [0.717, 1.165) is 9.26 Å². The largest absolute Gasteiger partial charge is 0.322 e. The van der Waals surface area contributed by atoms with Crippen molar-refractivity contribution < 1.29 is 4.79 Å². The zero-order valence-electron chi connectivity index (χ0n) is 11.3. The molecular weight excluding hydrogens is 413 g/mol. The zero-order valence-corrected chi connectivity index (χ0v) is 14.2. The average molecular weight is 424 g/mol. The molecule has 0 atom stereocenters. The van der Waals surface area contributed by atoms with Gasteiger partial charge >= 0.3 is 0 Å². The molecule has 0 aliphatic heterocycles. The number of halogens is 2. The lowest BCUT2D eigenvalue weighted by Gasteiger charge is -2.09. The first-order chi connectivity index (χ1) is 10.6. The monoisotopic (exact) mass is 423 g/mol. The molecule has 3 rings (SSSR count). The highest BCUT2D eigenvalue weighted by Crippen LogP contribution is 2.20. The van der Waals surface area contributed by atoms with Crippen molar-refractivity contribution in [2.45, 2.75) is 0 Å². The summed E-state index contributed by atoms with van der Waals surface area (Å²) in [4.78, 5) is 12.4. The molecule has 1 heterocycles. The molecule has 0 bridgehead atoms. The van der Waals surface area contributed by atoms with Crippen LogP contribution < -0.4 is 5.32 Å². The Kier molecular flexibility index (Phi) is 4.44. The molecule has 4 nitrogen and oxygen atoms in total. The number of benzene rings is 2. The van der Waals surface area contributed by atoms with Gasteiger partial charge in [0.15, 0.2) is 0 Å². The Morgan fingerprint density at radius 1 is 1.18 bits per heavy atom. The van der Waals surface area contributed by atoms with E-state index in [4.69, 9.17) is 11.6 Å². The van der Waals surface area contributed by atoms with Gasteiger partial charge in [0.2, 0.25) is 0 Å². The van der Waals surface area contributed by atoms with Crippen LogP contribution in [0.2, 0.25) is 5.02 Å². The van der Waals surface area contributed by atoms with Crippen LogP contribution in [0.3, 0.4) is 0 Å². The van der Waals surface area contributed by atoms with Gasteiger partial charge in [0.05, 0.1) is 11.3 Å². The normalized spacial score (nSPS) is 10.5. The van der Waals surface area contributed by atoms with E-state index in [1.807, 2.05) is 42.6 Å². The fourth-order valence-electron chi connectivity index (χ4n) is 2.02. The molecule has 22 heavy (non-hydrogen) atoms. The third kappa shape index (κ3) is 3.31. The molecule has 0 aliphatic carbocycles. The van der Waals surface area contributed by atoms with Gasteiger partial charge in [-0.2, -0.15) is 5.10 Å². The molecule has 0 radical (unpaired) electrons. The number of carbonyl (C=O) groups is 1. The molecule has 1 aromatic heterocycles. The number of hydrogen-bond donors (Lipinski definition) is 1. The SMILES string of the molecule is O=C(Nc1cccc(-n2cccn2)c1)c1cc(Cl)ccc1I. The summed E-state index contributed by atoms with van der Waals surface area (Å²) in [6.07, 6.45) is 3.56. The molecule has 6 heteroatoms. The predicted molar refractivity (Wildman–Crippen MR) is 95.7 cm³/mol. The minimum atomic E-state index is -0.190. The molecule has 0 unspecified atom stereocenters. The zero-order chi connectivity index (χ0) is 15.5. The van der Waals surface area contributed by atoms with E-state index in [0.29, 0.717) is 16.3 Å². The predicted octanol–water partition coefficient (Wildman–Crippen LogP) is 4.38. The first kappa shape index (κ1) is 15.1. The lowest BCUT2D eigenvalue weighted by Crippen LogP contribution is -2.13. The molecule has 1 amide bonds. The molecular formula is C16H11ClIN3O. The molecule has 0 saturated heterocycles. The van der Waals surface area contributed by atoms with Crippen molar-refractivity contribution >= 4 is 45.8 Å². The van der Waals surface area contributed by atoms with Gasteiger partial charge in [-0.05, 0) is 65.1 Å². The summed E-state index contributed by atoms with van der Waals surface area (Å²) >= 11 is 8.08. The Bertz CT molecular complexity index is 818. The highest BCUT2D eigenvalue weighted by atomic mass is 127. The van der Waals surface area contributed by atoms with Crippen molar-refractivity contribution in [1.29, 1.82) is 0 Å². The Balaban J connectivity index is 1.85. The lowest BCUT2D eigenvalue weighted by molar-refractivity contribution is 0.102. The topological polar surface area (TPSA) is 46.9 Å². The highest BCUT2D eigenvalue weighted by molar-refractivity contribution is 14.1. The minimum Gasteiger partial charge on any atom is -0.322 e. The summed E-state index contributed by atoms with van der Waals surface area (Å²) in [5, 5.41) is 7.60. The second-order valence-electron chi connectivity index (χ2n) is 4.58. The van der Waals surface area contributed by atoms with E-state index < -0.39 is 0 Å². The second kappa shape index (κ2) is 6.50. The van der Waals surface area contributed by atoms with Crippen LogP contribution in [0.4, 0.5) is 5.69 Å². The van der Waals surface area contributed by atoms with Gasteiger partial charge < -0.3 is 5.32 Å². The van der Waals surface area contributed by atoms with Crippen LogP contribution >= 0.6 is 34.2 Å². The Labute approximate surface area is 146 Å². The van der Waals surface area contributed by atoms with Gasteiger partial charge in [0.1, 0.15) is 0 Å². The number of aromatic nitrogens is 2. The summed E-state index contributed by atoms with van der Waals surface area (Å²) in [5.41, 5.74) is 2.13. The number of amides is 1. The van der Waals surface area contributed by atoms with Crippen molar-refractivity contribution in [1.82, 2.24) is 9.78 Å². The van der Waals surface area contributed by atoms with E-state index in [9.17, 15) is 4.79 Å². The Morgan fingerprint density at radius 3 is 2.82 bits per heavy atom. The molecule has 3 aromatic rings. The summed E-state index contributed by atoms with van der Waals surface area (Å²) in [6.45, 7) is 0. The minimum absolute atomic E-state index is 0.190. The quantitative estimate of drug-likeness (QED) is 0.636. The van der Waals surface area contributed by atoms with Crippen molar-refractivity contribution in [3.63, 3.8) is 0 Å². The van der Waals surface area contributed by atoms with Gasteiger partial charge in [-0.3, -0.25) is 4.79 Å². The molecule has 0 spiro atoms. The fourth-order valence-corrected chi connectivity index (χ4v) is 2.77. The van der Waals surface area contributed by atoms with E-state index in [1.165, 1.54) is 0 Å². The summed E-state index contributed by atoms with van der Waals surface area (Å²) in [5.74, 6) is -0.190. The molecule has 110 valence electrons. The first-order valence-corrected chi connectivity index (χ1v) is 7.95. The second-order valence-corrected chi connectivity index (χ2v) is 6.18. The van der Waals surface area contributed by atoms with Crippen LogP contribution in [-0.4, -0.2) is 15.7 Å². The molecule has 0 fully saturated rings. The Hall–Kier alpha value is -1.86. The fraction of sp³-hybridized carbons (Fsp3) is 0. The highest BCUT2D eigenvalue weighted by Gasteiger charge is 2.11. The van der Waals surface area contributed by atoms with Crippen molar-refractivity contribution in [3.8, 4) is 5.69 Å². The van der Waals surface area contributed by atoms with Gasteiger partial charge in [-0.1, -0.05) is 17.7 Å². The molecule has 2 aromatic carbocycles. The van der Waals surface area contributed by atoms with Crippen molar-refractivity contribution in [2.24, 2.45) is 0 Å².